The fraction of sp³-hybridized carbons (Fsp3) is 0.643. The first-order valence-electron chi connectivity index (χ1n) is 33.6. The number of piperidine rings is 1. The van der Waals surface area contributed by atoms with Crippen LogP contribution in [0.4, 0.5) is 15.3 Å². The Kier molecular flexibility index (Phi) is 30.0. The van der Waals surface area contributed by atoms with Gasteiger partial charge in [-0.25, -0.2) is 9.59 Å². The van der Waals surface area contributed by atoms with Crippen molar-refractivity contribution in [2.45, 2.75) is 194 Å². The summed E-state index contributed by atoms with van der Waals surface area (Å²) in [6.07, 6.45) is 1.94. The van der Waals surface area contributed by atoms with E-state index in [4.69, 9.17) is 19.9 Å². The average molecular weight is 1330 g/mol. The first-order chi connectivity index (χ1) is 44.9. The number of carbonyl (C=O) groups excluding carboxylic acids is 11. The number of ketones is 2. The number of nitrogens with two attached hydrogens (primary N) is 1. The Labute approximate surface area is 560 Å². The van der Waals surface area contributed by atoms with Crippen molar-refractivity contribution in [1.82, 2.24) is 40.9 Å². The molecule has 95 heavy (non-hydrogen) atoms. The molecule has 0 aliphatic carbocycles. The molecular formula is C70H106N10O15. The summed E-state index contributed by atoms with van der Waals surface area (Å²) in [4.78, 5) is 157. The molecule has 3 aliphatic heterocycles. The van der Waals surface area contributed by atoms with Crippen molar-refractivity contribution in [2.24, 2.45) is 47.2 Å². The van der Waals surface area contributed by atoms with Crippen molar-refractivity contribution in [3.05, 3.63) is 77.9 Å². The summed E-state index contributed by atoms with van der Waals surface area (Å²) < 4.78 is 17.8. The maximum absolute atomic E-state index is 14.8. The minimum absolute atomic E-state index is 0.00413. The summed E-state index contributed by atoms with van der Waals surface area (Å²) in [6, 6.07) is 10.6. The molecule has 526 valence electrons. The topological polar surface area (TPSA) is 335 Å². The monoisotopic (exact) mass is 1330 g/mol. The first kappa shape index (κ1) is 78.1. The number of ether oxygens (including phenoxy) is 3. The highest BCUT2D eigenvalue weighted by Gasteiger charge is 2.52. The Bertz CT molecular complexity index is 2970. The van der Waals surface area contributed by atoms with Gasteiger partial charge in [0.05, 0.1) is 42.9 Å². The number of likely N-dealkylation sites (N-methyl/N-ethyl adjacent to an activating group) is 2. The second-order valence-electron chi connectivity index (χ2n) is 27.0. The van der Waals surface area contributed by atoms with Gasteiger partial charge in [0, 0.05) is 90.5 Å². The van der Waals surface area contributed by atoms with Gasteiger partial charge in [-0.3, -0.25) is 53.0 Å². The molecule has 0 radical (unpaired) electrons. The maximum atomic E-state index is 14.8. The molecule has 2 aromatic carbocycles. The lowest BCUT2D eigenvalue weighted by Crippen LogP contribution is -2.68. The highest BCUT2D eigenvalue weighted by molar-refractivity contribution is 6.16. The van der Waals surface area contributed by atoms with Gasteiger partial charge in [-0.05, 0) is 97.9 Å². The number of benzene rings is 2. The number of nitrogens with zero attached hydrogens (tertiary/aromatic N) is 4. The number of nitrogens with one attached hydrogen (secondary N) is 5. The molecule has 2 aromatic rings. The molecule has 0 bridgehead atoms. The molecule has 8 N–H and O–H groups in total. The zero-order chi connectivity index (χ0) is 70.6. The number of carbonyl (C=O) groups is 11. The summed E-state index contributed by atoms with van der Waals surface area (Å²) in [5, 5.41) is 25.2. The molecule has 1 unspecified atom stereocenters. The number of hydrogen-bond donors (Lipinski definition) is 7. The number of anilines is 1. The van der Waals surface area contributed by atoms with Crippen LogP contribution >= 0.6 is 0 Å². The van der Waals surface area contributed by atoms with E-state index in [-0.39, 0.29) is 81.7 Å². The van der Waals surface area contributed by atoms with Crippen molar-refractivity contribution in [3.63, 3.8) is 0 Å². The molecule has 0 aromatic heterocycles. The van der Waals surface area contributed by atoms with Gasteiger partial charge >= 0.3 is 12.1 Å². The number of rotatable bonds is 36. The average Bonchev–Trinajstić information content (AvgIpc) is 1.06. The quantitative estimate of drug-likeness (QED) is 0.0312. The highest BCUT2D eigenvalue weighted by Crippen LogP contribution is 2.34. The molecule has 10 amide bonds. The highest BCUT2D eigenvalue weighted by atomic mass is 16.6. The smallest absolute Gasteiger partial charge is 0.410 e. The van der Waals surface area contributed by atoms with Crippen molar-refractivity contribution in [2.75, 3.05) is 59.8 Å². The second kappa shape index (κ2) is 36.5. The fourth-order valence-corrected chi connectivity index (χ4v) is 13.5. The number of amides is 10. The number of aliphatic hydroxyl groups is 1. The molecule has 0 saturated carbocycles. The van der Waals surface area contributed by atoms with Gasteiger partial charge in [0.2, 0.25) is 29.5 Å². The van der Waals surface area contributed by atoms with Crippen LogP contribution in [0.3, 0.4) is 0 Å². The molecule has 3 heterocycles. The SMILES string of the molecule is CC[C@H](C)[C@@H]([C@@H](CC(=O)N1CCC[C@H]1[C@H](OC)[C@@H](C)C(=O)C[C@H](C)[C@@H](O)c1ccccc1)OC)N(C)C(=O)[C@@H](NC(=O)[C@H](C(C)C)N(C)C(=O)OCc1ccc(NC(=O)[C@H](CCCNC(N)=O)CC(=O)[C@@H](NC(=O)C2(N3C(=O)C=CC3=O)CCCNC2)C(C)C)cc1)C(C)C. The fourth-order valence-electron chi connectivity index (χ4n) is 13.5. The van der Waals surface area contributed by atoms with Gasteiger partial charge in [0.25, 0.3) is 11.8 Å². The number of likely N-dealkylation sites (tertiary alicyclic amines) is 1. The maximum Gasteiger partial charge on any atom is 0.410 e. The molecule has 25 heteroatoms. The van der Waals surface area contributed by atoms with E-state index in [1.165, 1.54) is 19.1 Å². The molecule has 0 spiro atoms. The van der Waals surface area contributed by atoms with Crippen LogP contribution in [-0.4, -0.2) is 192 Å². The van der Waals surface area contributed by atoms with Crippen LogP contribution in [-0.2, 0) is 64.0 Å². The van der Waals surface area contributed by atoms with Crippen LogP contribution in [0.25, 0.3) is 0 Å². The van der Waals surface area contributed by atoms with Crippen molar-refractivity contribution < 1.29 is 72.1 Å². The standard InChI is InChI=1S/C70H106N10O15/c1-15-44(8)61(54(93-13)38-57(85)79-35-20-25-51(79)63(94-14)46(10)52(81)36-45(9)62(86)48-22-17-16-18-23-48)77(11)66(89)59(42(4)5)75-65(88)60(43(6)7)78(12)69(92)95-39-47-26-28-50(29-27-47)74-64(87)49(24-19-34-73-68(71)91)37-53(82)58(41(2)3)76-67(90)70(32-21-33-72-40-70)80-55(83)30-31-56(80)84/h16-18,22-23,26-31,41-46,49,51,54,58-63,72,86H,15,19-21,24-25,32-40H2,1-14H3,(H,74,87)(H,75,88)(H,76,90)(H3,71,73,91)/t44-,45-,46-,49+,51-,54+,58-,59-,60-,61-,62+,63+,70?/m0/s1. The van der Waals surface area contributed by atoms with Crippen LogP contribution < -0.4 is 32.3 Å². The van der Waals surface area contributed by atoms with Gasteiger partial charge in [0.1, 0.15) is 30.0 Å². The number of urea groups is 1. The number of imide groups is 1. The molecule has 2 fully saturated rings. The van der Waals surface area contributed by atoms with E-state index in [9.17, 15) is 57.8 Å². The molecule has 25 nitrogen and oxygen atoms in total. The number of methoxy groups -OCH3 is 2. The Morgan fingerprint density at radius 1 is 0.758 bits per heavy atom. The predicted octanol–water partition coefficient (Wildman–Crippen LogP) is 5.82. The Balaban J connectivity index is 1.21. The van der Waals surface area contributed by atoms with Crippen molar-refractivity contribution in [3.8, 4) is 0 Å². The summed E-state index contributed by atoms with van der Waals surface area (Å²) in [5.41, 5.74) is 5.30. The third-order valence-corrected chi connectivity index (χ3v) is 19.1. The van der Waals surface area contributed by atoms with Crippen LogP contribution in [0, 0.1) is 41.4 Å². The zero-order valence-corrected chi connectivity index (χ0v) is 58.1. The minimum atomic E-state index is -1.58. The van der Waals surface area contributed by atoms with Gasteiger partial charge < -0.3 is 61.4 Å². The van der Waals surface area contributed by atoms with E-state index >= 15 is 0 Å². The summed E-state index contributed by atoms with van der Waals surface area (Å²) in [7, 11) is 6.12. The lowest BCUT2D eigenvalue weighted by Gasteiger charge is -2.42. The lowest BCUT2D eigenvalue weighted by molar-refractivity contribution is -0.154. The van der Waals surface area contributed by atoms with Gasteiger partial charge in [0.15, 0.2) is 5.78 Å². The molecule has 13 atom stereocenters. The van der Waals surface area contributed by atoms with E-state index < -0.39 is 137 Å². The Hall–Kier alpha value is -7.61. The number of Topliss-reactive ketones (excluding diaryl/α,β-unsaturated/α-hetero) is 2. The molecular weight excluding hydrogens is 1220 g/mol. The summed E-state index contributed by atoms with van der Waals surface area (Å²) in [6.45, 7) is 19.1. The van der Waals surface area contributed by atoms with Gasteiger partial charge in [-0.15, -0.1) is 0 Å². The number of aliphatic hydroxyl groups excluding tert-OH is 1. The van der Waals surface area contributed by atoms with Crippen molar-refractivity contribution >= 4 is 70.7 Å². The Morgan fingerprint density at radius 2 is 1.40 bits per heavy atom. The van der Waals surface area contributed by atoms with Crippen LogP contribution in [0.15, 0.2) is 66.7 Å². The van der Waals surface area contributed by atoms with Crippen LogP contribution in [0.5, 0.6) is 0 Å². The predicted molar refractivity (Wildman–Crippen MR) is 357 cm³/mol. The van der Waals surface area contributed by atoms with E-state index in [0.717, 1.165) is 22.6 Å². The largest absolute Gasteiger partial charge is 0.445 e. The van der Waals surface area contributed by atoms with Crippen LogP contribution in [0.1, 0.15) is 151 Å². The third kappa shape index (κ3) is 20.5. The minimum Gasteiger partial charge on any atom is -0.445 e. The zero-order valence-electron chi connectivity index (χ0n) is 58.1. The van der Waals surface area contributed by atoms with E-state index in [0.29, 0.717) is 50.0 Å². The van der Waals surface area contributed by atoms with E-state index in [1.807, 2.05) is 58.0 Å². The normalized spacial score (nSPS) is 20.0. The van der Waals surface area contributed by atoms with E-state index in [1.54, 1.807) is 89.8 Å². The van der Waals surface area contributed by atoms with Gasteiger partial charge in [-0.1, -0.05) is 118 Å². The molecule has 5 rings (SSSR count). The van der Waals surface area contributed by atoms with Crippen molar-refractivity contribution in [1.29, 1.82) is 0 Å². The molecule has 2 saturated heterocycles. The first-order valence-corrected chi connectivity index (χ1v) is 33.6. The second-order valence-corrected chi connectivity index (χ2v) is 27.0. The Morgan fingerprint density at radius 3 is 1.96 bits per heavy atom. The lowest BCUT2D eigenvalue weighted by atomic mass is 9.85. The number of primary amides is 1. The third-order valence-electron chi connectivity index (χ3n) is 19.1. The van der Waals surface area contributed by atoms with E-state index in [2.05, 4.69) is 26.6 Å². The molecule has 3 aliphatic rings. The van der Waals surface area contributed by atoms with Gasteiger partial charge in [-0.2, -0.15) is 0 Å². The summed E-state index contributed by atoms with van der Waals surface area (Å²) >= 11 is 0. The summed E-state index contributed by atoms with van der Waals surface area (Å²) in [5.74, 6) is -7.60. The number of hydrogen-bond acceptors (Lipinski definition) is 16. The van der Waals surface area contributed by atoms with Crippen LogP contribution in [0.2, 0.25) is 0 Å².